The highest BCUT2D eigenvalue weighted by molar-refractivity contribution is 5.96. The number of rotatable bonds is 4. The van der Waals surface area contributed by atoms with Crippen molar-refractivity contribution < 1.29 is 27.5 Å². The summed E-state index contributed by atoms with van der Waals surface area (Å²) >= 11 is 0. The van der Waals surface area contributed by atoms with E-state index in [-0.39, 0.29) is 11.3 Å². The molecule has 0 saturated heterocycles. The first-order chi connectivity index (χ1) is 12.7. The molecule has 0 unspecified atom stereocenters. The van der Waals surface area contributed by atoms with Crippen molar-refractivity contribution in [1.29, 1.82) is 0 Å². The Morgan fingerprint density at radius 1 is 0.889 bits per heavy atom. The predicted molar refractivity (Wildman–Crippen MR) is 93.5 cm³/mol. The zero-order chi connectivity index (χ0) is 19.6. The molecule has 0 aliphatic heterocycles. The molecule has 3 aromatic rings. The first kappa shape index (κ1) is 18.4. The number of anilines is 2. The van der Waals surface area contributed by atoms with E-state index < -0.39 is 23.5 Å². The third-order valence-corrected chi connectivity index (χ3v) is 3.90. The third kappa shape index (κ3) is 4.25. The number of benzene rings is 3. The minimum atomic E-state index is -4.48. The van der Waals surface area contributed by atoms with Crippen molar-refractivity contribution in [1.82, 2.24) is 0 Å². The molecule has 3 rings (SSSR count). The van der Waals surface area contributed by atoms with Gasteiger partial charge in [0.2, 0.25) is 0 Å². The quantitative estimate of drug-likeness (QED) is 0.554. The summed E-state index contributed by atoms with van der Waals surface area (Å²) in [6.07, 6.45) is -4.48. The fraction of sp³-hybridized carbons (Fsp3) is 0.0500. The van der Waals surface area contributed by atoms with Crippen molar-refractivity contribution in [3.05, 3.63) is 83.7 Å². The van der Waals surface area contributed by atoms with Gasteiger partial charge in [-0.05, 0) is 59.7 Å². The summed E-state index contributed by atoms with van der Waals surface area (Å²) in [6.45, 7) is 0. The second kappa shape index (κ2) is 7.11. The van der Waals surface area contributed by atoms with Crippen LogP contribution in [-0.4, -0.2) is 11.1 Å². The fourth-order valence-corrected chi connectivity index (χ4v) is 2.58. The van der Waals surface area contributed by atoms with Gasteiger partial charge in [0.05, 0.1) is 16.8 Å². The van der Waals surface area contributed by atoms with Crippen LogP contribution >= 0.6 is 0 Å². The van der Waals surface area contributed by atoms with Crippen LogP contribution in [0.2, 0.25) is 0 Å². The summed E-state index contributed by atoms with van der Waals surface area (Å²) in [5, 5.41) is 12.2. The minimum Gasteiger partial charge on any atom is -0.478 e. The molecule has 0 atom stereocenters. The van der Waals surface area contributed by atoms with Gasteiger partial charge in [-0.25, -0.2) is 9.18 Å². The lowest BCUT2D eigenvalue weighted by molar-refractivity contribution is -0.137. The van der Waals surface area contributed by atoms with Gasteiger partial charge in [0.25, 0.3) is 0 Å². The molecule has 0 radical (unpaired) electrons. The number of carboxylic acids is 1. The summed E-state index contributed by atoms with van der Waals surface area (Å²) in [5.41, 5.74) is 0.481. The van der Waals surface area contributed by atoms with E-state index in [4.69, 9.17) is 0 Å². The first-order valence-corrected chi connectivity index (χ1v) is 7.81. The Hall–Kier alpha value is -3.35. The SMILES string of the molecule is O=C(O)c1ccc(-c2cccc(C(F)(F)F)c2)cc1Nc1ccc(F)cc1. The summed E-state index contributed by atoms with van der Waals surface area (Å²) in [7, 11) is 0. The van der Waals surface area contributed by atoms with Crippen LogP contribution in [0.15, 0.2) is 66.7 Å². The van der Waals surface area contributed by atoms with Crippen LogP contribution in [0.4, 0.5) is 28.9 Å². The maximum absolute atomic E-state index is 13.0. The molecule has 0 bridgehead atoms. The number of aromatic carboxylic acids is 1. The molecule has 3 nitrogen and oxygen atoms in total. The van der Waals surface area contributed by atoms with Crippen molar-refractivity contribution in [2.75, 3.05) is 5.32 Å². The largest absolute Gasteiger partial charge is 0.478 e. The number of carboxylic acid groups (broad SMARTS) is 1. The van der Waals surface area contributed by atoms with E-state index in [0.717, 1.165) is 12.1 Å². The third-order valence-electron chi connectivity index (χ3n) is 3.90. The molecule has 0 saturated carbocycles. The van der Waals surface area contributed by atoms with E-state index in [0.29, 0.717) is 16.8 Å². The van der Waals surface area contributed by atoms with Crippen LogP contribution in [0.5, 0.6) is 0 Å². The lowest BCUT2D eigenvalue weighted by Crippen LogP contribution is -2.05. The summed E-state index contributed by atoms with van der Waals surface area (Å²) in [5.74, 6) is -1.65. The fourth-order valence-electron chi connectivity index (χ4n) is 2.58. The van der Waals surface area contributed by atoms with Gasteiger partial charge < -0.3 is 10.4 Å². The lowest BCUT2D eigenvalue weighted by atomic mass is 10.00. The Morgan fingerprint density at radius 2 is 1.56 bits per heavy atom. The predicted octanol–water partition coefficient (Wildman–Crippen LogP) is 5.95. The van der Waals surface area contributed by atoms with Crippen molar-refractivity contribution >= 4 is 17.3 Å². The van der Waals surface area contributed by atoms with Crippen LogP contribution < -0.4 is 5.32 Å². The smallest absolute Gasteiger partial charge is 0.416 e. The monoisotopic (exact) mass is 375 g/mol. The average Bonchev–Trinajstić information content (AvgIpc) is 2.63. The molecule has 0 aliphatic carbocycles. The zero-order valence-corrected chi connectivity index (χ0v) is 13.7. The molecule has 0 aliphatic rings. The van der Waals surface area contributed by atoms with Gasteiger partial charge in [-0.3, -0.25) is 0 Å². The van der Waals surface area contributed by atoms with Gasteiger partial charge in [-0.2, -0.15) is 13.2 Å². The second-order valence-electron chi connectivity index (χ2n) is 5.78. The Labute approximate surface area is 151 Å². The Bertz CT molecular complexity index is 982. The van der Waals surface area contributed by atoms with E-state index in [1.807, 2.05) is 0 Å². The molecular weight excluding hydrogens is 362 g/mol. The highest BCUT2D eigenvalue weighted by Gasteiger charge is 2.30. The molecule has 0 spiro atoms. The zero-order valence-electron chi connectivity index (χ0n) is 13.7. The van der Waals surface area contributed by atoms with E-state index in [9.17, 15) is 27.5 Å². The van der Waals surface area contributed by atoms with E-state index >= 15 is 0 Å². The van der Waals surface area contributed by atoms with Crippen molar-refractivity contribution in [2.24, 2.45) is 0 Å². The molecular formula is C20H13F4NO2. The van der Waals surface area contributed by atoms with Crippen molar-refractivity contribution in [3.63, 3.8) is 0 Å². The summed E-state index contributed by atoms with van der Waals surface area (Å²) in [6, 6.07) is 14.2. The number of hydrogen-bond donors (Lipinski definition) is 2. The van der Waals surface area contributed by atoms with Crippen LogP contribution in [0, 0.1) is 5.82 Å². The van der Waals surface area contributed by atoms with Crippen molar-refractivity contribution in [2.45, 2.75) is 6.18 Å². The highest BCUT2D eigenvalue weighted by Crippen LogP contribution is 2.34. The van der Waals surface area contributed by atoms with E-state index in [1.165, 1.54) is 54.6 Å². The van der Waals surface area contributed by atoms with Gasteiger partial charge in [-0.15, -0.1) is 0 Å². The number of nitrogens with one attached hydrogen (secondary N) is 1. The lowest BCUT2D eigenvalue weighted by Gasteiger charge is -2.13. The van der Waals surface area contributed by atoms with Crippen LogP contribution in [0.3, 0.4) is 0 Å². The van der Waals surface area contributed by atoms with Crippen molar-refractivity contribution in [3.8, 4) is 11.1 Å². The highest BCUT2D eigenvalue weighted by atomic mass is 19.4. The molecule has 0 fully saturated rings. The number of alkyl halides is 3. The molecule has 3 aromatic carbocycles. The van der Waals surface area contributed by atoms with Crippen LogP contribution in [-0.2, 0) is 6.18 Å². The van der Waals surface area contributed by atoms with Gasteiger partial charge in [0, 0.05) is 5.69 Å². The number of halogens is 4. The molecule has 138 valence electrons. The molecule has 0 heterocycles. The molecule has 2 N–H and O–H groups in total. The number of hydrogen-bond acceptors (Lipinski definition) is 2. The maximum Gasteiger partial charge on any atom is 0.416 e. The topological polar surface area (TPSA) is 49.3 Å². The Balaban J connectivity index is 2.03. The number of carbonyl (C=O) groups is 1. The van der Waals surface area contributed by atoms with Gasteiger partial charge in [0.15, 0.2) is 0 Å². The Kier molecular flexibility index (Phi) is 4.85. The van der Waals surface area contributed by atoms with E-state index in [2.05, 4.69) is 5.32 Å². The normalized spacial score (nSPS) is 11.3. The van der Waals surface area contributed by atoms with Crippen LogP contribution in [0.1, 0.15) is 15.9 Å². The average molecular weight is 375 g/mol. The van der Waals surface area contributed by atoms with E-state index in [1.54, 1.807) is 0 Å². The van der Waals surface area contributed by atoms with Gasteiger partial charge in [0.1, 0.15) is 5.82 Å². The van der Waals surface area contributed by atoms with Gasteiger partial charge in [-0.1, -0.05) is 18.2 Å². The molecule has 27 heavy (non-hydrogen) atoms. The second-order valence-corrected chi connectivity index (χ2v) is 5.78. The van der Waals surface area contributed by atoms with Crippen LogP contribution in [0.25, 0.3) is 11.1 Å². The minimum absolute atomic E-state index is 0.0601. The molecule has 7 heteroatoms. The maximum atomic E-state index is 13.0. The first-order valence-electron chi connectivity index (χ1n) is 7.81. The molecule has 0 aromatic heterocycles. The Morgan fingerprint density at radius 3 is 2.19 bits per heavy atom. The summed E-state index contributed by atoms with van der Waals surface area (Å²) in [4.78, 5) is 11.5. The summed E-state index contributed by atoms with van der Waals surface area (Å²) < 4.78 is 51.8. The molecule has 0 amide bonds. The van der Waals surface area contributed by atoms with Gasteiger partial charge >= 0.3 is 12.1 Å². The standard InChI is InChI=1S/C20H13F4NO2/c21-15-5-7-16(8-6-15)25-18-11-13(4-9-17(18)19(26)27)12-2-1-3-14(10-12)20(22,23)24/h1-11,25H,(H,26,27).